The van der Waals surface area contributed by atoms with E-state index in [0.29, 0.717) is 6.54 Å². The first-order valence-corrected chi connectivity index (χ1v) is 6.98. The third kappa shape index (κ3) is 2.46. The number of hydrogen-bond acceptors (Lipinski definition) is 4. The molecular weight excluding hydrogens is 318 g/mol. The molecule has 102 valence electrons. The van der Waals surface area contributed by atoms with E-state index >= 15 is 0 Å². The summed E-state index contributed by atoms with van der Waals surface area (Å²) in [7, 11) is 1.90. The third-order valence-corrected chi connectivity index (χ3v) is 3.52. The van der Waals surface area contributed by atoms with Gasteiger partial charge >= 0.3 is 0 Å². The molecule has 2 aromatic heterocycles. The molecule has 0 saturated heterocycles. The van der Waals surface area contributed by atoms with Crippen LogP contribution in [0.2, 0.25) is 0 Å². The second-order valence-electron chi connectivity index (χ2n) is 4.63. The number of aromatic nitrogens is 3. The Balaban J connectivity index is 1.93. The summed E-state index contributed by atoms with van der Waals surface area (Å²) in [5.41, 5.74) is 9.68. The highest BCUT2D eigenvalue weighted by Gasteiger charge is 2.06. The van der Waals surface area contributed by atoms with E-state index in [1.807, 2.05) is 37.6 Å². The second kappa shape index (κ2) is 5.13. The van der Waals surface area contributed by atoms with Crippen molar-refractivity contribution in [1.29, 1.82) is 0 Å². The molecule has 5 nitrogen and oxygen atoms in total. The summed E-state index contributed by atoms with van der Waals surface area (Å²) in [5, 5.41) is 8.47. The van der Waals surface area contributed by atoms with Crippen LogP contribution in [-0.4, -0.2) is 14.8 Å². The Morgan fingerprint density at radius 3 is 2.95 bits per heavy atom. The summed E-state index contributed by atoms with van der Waals surface area (Å²) in [4.78, 5) is 4.45. The molecule has 0 unspecified atom stereocenters. The molecule has 2 heterocycles. The molecule has 20 heavy (non-hydrogen) atoms. The van der Waals surface area contributed by atoms with Crippen LogP contribution in [0.3, 0.4) is 0 Å². The van der Waals surface area contributed by atoms with Crippen LogP contribution < -0.4 is 11.1 Å². The number of fused-ring (bicyclic) bond motifs is 1. The number of halogens is 1. The Hall–Kier alpha value is -2.08. The predicted octanol–water partition coefficient (Wildman–Crippen LogP) is 2.93. The molecule has 0 amide bonds. The van der Waals surface area contributed by atoms with Crippen LogP contribution in [0.1, 0.15) is 5.56 Å². The normalized spacial score (nSPS) is 10.9. The maximum Gasteiger partial charge on any atom is 0.0954 e. The van der Waals surface area contributed by atoms with E-state index in [1.54, 1.807) is 10.9 Å². The summed E-state index contributed by atoms with van der Waals surface area (Å²) in [6, 6.07) is 5.82. The van der Waals surface area contributed by atoms with Gasteiger partial charge in [0.15, 0.2) is 0 Å². The minimum atomic E-state index is 0.699. The summed E-state index contributed by atoms with van der Waals surface area (Å²) >= 11 is 3.42. The fourth-order valence-corrected chi connectivity index (χ4v) is 2.45. The minimum absolute atomic E-state index is 0.699. The van der Waals surface area contributed by atoms with E-state index in [0.717, 1.165) is 32.3 Å². The number of pyridine rings is 1. The molecule has 0 aliphatic heterocycles. The molecule has 0 spiro atoms. The lowest BCUT2D eigenvalue weighted by molar-refractivity contribution is 0.767. The molecule has 6 heteroatoms. The number of nitrogens with one attached hydrogen (secondary N) is 1. The average Bonchev–Trinajstić information content (AvgIpc) is 2.84. The highest BCUT2D eigenvalue weighted by molar-refractivity contribution is 9.10. The fourth-order valence-electron chi connectivity index (χ4n) is 2.12. The van der Waals surface area contributed by atoms with Gasteiger partial charge in [0.25, 0.3) is 0 Å². The van der Waals surface area contributed by atoms with E-state index in [9.17, 15) is 0 Å². The molecule has 0 radical (unpaired) electrons. The summed E-state index contributed by atoms with van der Waals surface area (Å²) in [5.74, 6) is 0. The van der Waals surface area contributed by atoms with Gasteiger partial charge in [0.05, 0.1) is 17.4 Å². The molecule has 0 saturated carbocycles. The van der Waals surface area contributed by atoms with E-state index in [-0.39, 0.29) is 0 Å². The molecule has 3 rings (SSSR count). The Morgan fingerprint density at radius 1 is 1.35 bits per heavy atom. The first-order chi connectivity index (χ1) is 9.63. The van der Waals surface area contributed by atoms with Crippen molar-refractivity contribution in [3.8, 4) is 0 Å². The van der Waals surface area contributed by atoms with Crippen molar-refractivity contribution < 1.29 is 0 Å². The Labute approximate surface area is 124 Å². The highest BCUT2D eigenvalue weighted by Crippen LogP contribution is 2.29. The number of nitrogen functional groups attached to an aromatic ring is 1. The van der Waals surface area contributed by atoms with Gasteiger partial charge in [0.2, 0.25) is 0 Å². The van der Waals surface area contributed by atoms with Crippen molar-refractivity contribution in [2.45, 2.75) is 6.54 Å². The molecule has 0 bridgehead atoms. The Morgan fingerprint density at radius 2 is 2.20 bits per heavy atom. The van der Waals surface area contributed by atoms with Crippen LogP contribution in [0.5, 0.6) is 0 Å². The van der Waals surface area contributed by atoms with Gasteiger partial charge in [-0.15, -0.1) is 0 Å². The number of anilines is 2. The van der Waals surface area contributed by atoms with Crippen LogP contribution in [0.15, 0.2) is 41.3 Å². The van der Waals surface area contributed by atoms with Crippen molar-refractivity contribution in [2.75, 3.05) is 11.1 Å². The lowest BCUT2D eigenvalue weighted by Gasteiger charge is -2.10. The Kier molecular flexibility index (Phi) is 3.31. The molecule has 0 fully saturated rings. The van der Waals surface area contributed by atoms with Gasteiger partial charge in [-0.2, -0.15) is 5.10 Å². The first-order valence-electron chi connectivity index (χ1n) is 6.18. The average molecular weight is 332 g/mol. The van der Waals surface area contributed by atoms with Crippen LogP contribution in [0.25, 0.3) is 10.9 Å². The SMILES string of the molecule is Cn1cc(CNc2ccc(N)c3cc(Br)cnc23)cn1. The number of hydrogen-bond donors (Lipinski definition) is 2. The smallest absolute Gasteiger partial charge is 0.0954 e. The van der Waals surface area contributed by atoms with E-state index < -0.39 is 0 Å². The molecule has 1 aromatic carbocycles. The largest absolute Gasteiger partial charge is 0.398 e. The third-order valence-electron chi connectivity index (χ3n) is 3.09. The zero-order valence-electron chi connectivity index (χ0n) is 11.0. The number of nitrogens with two attached hydrogens (primary N) is 1. The standard InChI is InChI=1S/C14H14BrN5/c1-20-8-9(6-19-20)5-17-13-3-2-12(16)11-4-10(15)7-18-14(11)13/h2-4,6-8,17H,5,16H2,1H3. The zero-order chi connectivity index (χ0) is 14.1. The van der Waals surface area contributed by atoms with Gasteiger partial charge in [0.1, 0.15) is 0 Å². The van der Waals surface area contributed by atoms with Gasteiger partial charge < -0.3 is 11.1 Å². The quantitative estimate of drug-likeness (QED) is 0.724. The highest BCUT2D eigenvalue weighted by atomic mass is 79.9. The summed E-state index contributed by atoms with van der Waals surface area (Å²) < 4.78 is 2.70. The minimum Gasteiger partial charge on any atom is -0.398 e. The number of rotatable bonds is 3. The van der Waals surface area contributed by atoms with Gasteiger partial charge in [-0.05, 0) is 34.1 Å². The number of nitrogens with zero attached hydrogens (tertiary/aromatic N) is 3. The lowest BCUT2D eigenvalue weighted by Crippen LogP contribution is -2.01. The van der Waals surface area contributed by atoms with Gasteiger partial charge in [-0.25, -0.2) is 0 Å². The first kappa shape index (κ1) is 12.9. The monoisotopic (exact) mass is 331 g/mol. The van der Waals surface area contributed by atoms with Crippen LogP contribution in [0.4, 0.5) is 11.4 Å². The zero-order valence-corrected chi connectivity index (χ0v) is 12.6. The molecule has 3 N–H and O–H groups in total. The number of benzene rings is 1. The van der Waals surface area contributed by atoms with Crippen molar-refractivity contribution in [2.24, 2.45) is 7.05 Å². The maximum atomic E-state index is 6.00. The second-order valence-corrected chi connectivity index (χ2v) is 5.54. The van der Waals surface area contributed by atoms with Crippen molar-refractivity contribution in [1.82, 2.24) is 14.8 Å². The fraction of sp³-hybridized carbons (Fsp3) is 0.143. The lowest BCUT2D eigenvalue weighted by atomic mass is 10.1. The maximum absolute atomic E-state index is 6.00. The molecule has 0 atom stereocenters. The molecular formula is C14H14BrN5. The van der Waals surface area contributed by atoms with Crippen LogP contribution >= 0.6 is 15.9 Å². The van der Waals surface area contributed by atoms with Gasteiger partial charge in [-0.1, -0.05) is 0 Å². The predicted molar refractivity (Wildman–Crippen MR) is 84.4 cm³/mol. The number of aryl methyl sites for hydroxylation is 1. The van der Waals surface area contributed by atoms with E-state index in [4.69, 9.17) is 5.73 Å². The van der Waals surface area contributed by atoms with E-state index in [1.165, 1.54) is 0 Å². The Bertz CT molecular complexity index is 765. The molecule has 0 aliphatic carbocycles. The summed E-state index contributed by atoms with van der Waals surface area (Å²) in [6.45, 7) is 0.699. The van der Waals surface area contributed by atoms with Gasteiger partial charge in [-0.3, -0.25) is 9.67 Å². The van der Waals surface area contributed by atoms with Gasteiger partial charge in [0, 0.05) is 47.1 Å². The van der Waals surface area contributed by atoms with Crippen molar-refractivity contribution in [3.63, 3.8) is 0 Å². The van der Waals surface area contributed by atoms with E-state index in [2.05, 4.69) is 31.3 Å². The van der Waals surface area contributed by atoms with Crippen LogP contribution in [0, 0.1) is 0 Å². The molecule has 3 aromatic rings. The molecule has 0 aliphatic rings. The topological polar surface area (TPSA) is 68.8 Å². The van der Waals surface area contributed by atoms with Crippen LogP contribution in [-0.2, 0) is 13.6 Å². The van der Waals surface area contributed by atoms with Crippen molar-refractivity contribution in [3.05, 3.63) is 46.8 Å². The van der Waals surface area contributed by atoms with Crippen molar-refractivity contribution >= 4 is 38.2 Å². The summed E-state index contributed by atoms with van der Waals surface area (Å²) in [6.07, 6.45) is 5.60.